The second kappa shape index (κ2) is 4.92. The van der Waals surface area contributed by atoms with Gasteiger partial charge in [0.25, 0.3) is 0 Å². The summed E-state index contributed by atoms with van der Waals surface area (Å²) in [5.74, 6) is -0.474. The van der Waals surface area contributed by atoms with Crippen LogP contribution in [0.25, 0.3) is 0 Å². The number of hydrogen-bond acceptors (Lipinski definition) is 2. The lowest BCUT2D eigenvalue weighted by Crippen LogP contribution is -2.72. The van der Waals surface area contributed by atoms with Gasteiger partial charge in [0, 0.05) is 5.56 Å². The summed E-state index contributed by atoms with van der Waals surface area (Å²) in [7, 11) is 0. The Morgan fingerprint density at radius 3 is 2.44 bits per heavy atom. The van der Waals surface area contributed by atoms with E-state index in [2.05, 4.69) is 10.2 Å². The summed E-state index contributed by atoms with van der Waals surface area (Å²) in [6.45, 7) is 1.76. The van der Waals surface area contributed by atoms with Gasteiger partial charge in [0.2, 0.25) is 5.91 Å². The standard InChI is InChI=1S/C10H13N5O/c1-6(14-15-10(12)13)7-3-2-4-8(5-7)9(11)16/h2-5H,1H3,(H2,11,16)(H4,12,13,15)/p+1/b14-6+. The molecule has 0 radical (unpaired) electrons. The average Bonchev–Trinajstić information content (AvgIpc) is 2.26. The van der Waals surface area contributed by atoms with Crippen molar-refractivity contribution in [2.75, 3.05) is 0 Å². The number of amides is 1. The lowest BCUT2D eigenvalue weighted by atomic mass is 10.1. The highest BCUT2D eigenvalue weighted by molar-refractivity contribution is 6.01. The van der Waals surface area contributed by atoms with E-state index in [0.29, 0.717) is 11.3 Å². The molecule has 0 bridgehead atoms. The normalized spacial score (nSPS) is 10.9. The van der Waals surface area contributed by atoms with Crippen LogP contribution in [-0.2, 0) is 0 Å². The number of rotatable bonds is 3. The van der Waals surface area contributed by atoms with Gasteiger partial charge in [-0.15, -0.1) is 5.10 Å². The number of carbonyl (C=O) groups excluding carboxylic acids is 1. The summed E-state index contributed by atoms with van der Waals surface area (Å²) in [6.07, 6.45) is 0. The molecule has 1 aromatic carbocycles. The Hall–Kier alpha value is -2.37. The third kappa shape index (κ3) is 3.09. The Morgan fingerprint density at radius 1 is 1.25 bits per heavy atom. The first-order valence-electron chi connectivity index (χ1n) is 4.59. The van der Waals surface area contributed by atoms with Crippen LogP contribution >= 0.6 is 0 Å². The molecule has 0 aliphatic carbocycles. The molecule has 0 saturated carbocycles. The van der Waals surface area contributed by atoms with E-state index < -0.39 is 5.91 Å². The fourth-order valence-corrected chi connectivity index (χ4v) is 1.11. The third-order valence-electron chi connectivity index (χ3n) is 1.92. The van der Waals surface area contributed by atoms with Gasteiger partial charge in [-0.2, -0.15) is 5.10 Å². The highest BCUT2D eigenvalue weighted by atomic mass is 16.1. The lowest BCUT2D eigenvalue weighted by Gasteiger charge is -2.00. The van der Waals surface area contributed by atoms with Gasteiger partial charge >= 0.3 is 5.96 Å². The molecular formula is C10H14N5O+. The van der Waals surface area contributed by atoms with Crippen LogP contribution in [0, 0.1) is 0 Å². The van der Waals surface area contributed by atoms with Gasteiger partial charge in [-0.05, 0) is 24.6 Å². The Labute approximate surface area is 92.8 Å². The van der Waals surface area contributed by atoms with Gasteiger partial charge in [-0.25, -0.2) is 0 Å². The van der Waals surface area contributed by atoms with Gasteiger partial charge in [0.1, 0.15) is 0 Å². The van der Waals surface area contributed by atoms with Gasteiger partial charge in [-0.3, -0.25) is 16.3 Å². The van der Waals surface area contributed by atoms with Crippen LogP contribution in [0.5, 0.6) is 0 Å². The molecule has 6 nitrogen and oxygen atoms in total. The topological polar surface area (TPSA) is 121 Å². The van der Waals surface area contributed by atoms with Crippen LogP contribution in [-0.4, -0.2) is 17.6 Å². The van der Waals surface area contributed by atoms with Crippen LogP contribution in [0.2, 0.25) is 0 Å². The number of primary amides is 1. The molecule has 0 atom stereocenters. The maximum absolute atomic E-state index is 11.0. The Bertz CT molecular complexity index is 460. The predicted molar refractivity (Wildman–Crippen MR) is 61.5 cm³/mol. The van der Waals surface area contributed by atoms with E-state index in [1.807, 2.05) is 0 Å². The molecule has 1 rings (SSSR count). The van der Waals surface area contributed by atoms with Crippen LogP contribution in [0.4, 0.5) is 0 Å². The summed E-state index contributed by atoms with van der Waals surface area (Å²) in [4.78, 5) is 11.0. The minimum Gasteiger partial charge on any atom is -0.366 e. The molecule has 84 valence electrons. The third-order valence-corrected chi connectivity index (χ3v) is 1.92. The van der Waals surface area contributed by atoms with Gasteiger partial charge in [0.15, 0.2) is 0 Å². The van der Waals surface area contributed by atoms with Crippen molar-refractivity contribution in [1.29, 1.82) is 0 Å². The molecule has 0 aliphatic heterocycles. The monoisotopic (exact) mass is 220 g/mol. The molecule has 0 fully saturated rings. The van der Waals surface area contributed by atoms with E-state index >= 15 is 0 Å². The molecule has 7 N–H and O–H groups in total. The molecule has 0 aliphatic rings. The van der Waals surface area contributed by atoms with Crippen LogP contribution in [0.3, 0.4) is 0 Å². The molecule has 0 unspecified atom stereocenters. The Kier molecular flexibility index (Phi) is 3.60. The Balaban J connectivity index is 3.05. The molecule has 1 amide bonds. The molecule has 0 aromatic heterocycles. The van der Waals surface area contributed by atoms with E-state index in [4.69, 9.17) is 17.2 Å². The minimum atomic E-state index is -0.479. The lowest BCUT2D eigenvalue weighted by molar-refractivity contribution is -0.464. The first-order chi connectivity index (χ1) is 7.50. The average molecular weight is 220 g/mol. The summed E-state index contributed by atoms with van der Waals surface area (Å²) in [5.41, 5.74) is 17.4. The zero-order valence-corrected chi connectivity index (χ0v) is 8.90. The van der Waals surface area contributed by atoms with Gasteiger partial charge < -0.3 is 5.73 Å². The fourth-order valence-electron chi connectivity index (χ4n) is 1.11. The minimum absolute atomic E-state index is 0.00501. The predicted octanol–water partition coefficient (Wildman–Crippen LogP) is -2.14. The molecule has 0 saturated heterocycles. The quantitative estimate of drug-likeness (QED) is 0.264. The van der Waals surface area contributed by atoms with E-state index in [-0.39, 0.29) is 5.96 Å². The first kappa shape index (κ1) is 11.7. The van der Waals surface area contributed by atoms with E-state index in [0.717, 1.165) is 5.56 Å². The van der Waals surface area contributed by atoms with E-state index in [1.165, 1.54) is 0 Å². The summed E-state index contributed by atoms with van der Waals surface area (Å²) < 4.78 is 0. The molecule has 0 heterocycles. The summed E-state index contributed by atoms with van der Waals surface area (Å²) in [6, 6.07) is 6.81. The number of hydrogen-bond donors (Lipinski definition) is 4. The summed E-state index contributed by atoms with van der Waals surface area (Å²) in [5, 5.41) is 6.36. The summed E-state index contributed by atoms with van der Waals surface area (Å²) >= 11 is 0. The number of guanidine groups is 1. The van der Waals surface area contributed by atoms with Gasteiger partial charge in [-0.1, -0.05) is 12.1 Å². The number of nitrogens with one attached hydrogen (secondary N) is 1. The van der Waals surface area contributed by atoms with Crippen molar-refractivity contribution < 1.29 is 9.90 Å². The number of nitrogens with two attached hydrogens (primary N) is 3. The van der Waals surface area contributed by atoms with Crippen molar-refractivity contribution in [3.63, 3.8) is 0 Å². The smallest absolute Gasteiger partial charge is 0.362 e. The largest absolute Gasteiger partial charge is 0.366 e. The number of hydrazone groups is 1. The number of carbonyl (C=O) groups is 1. The number of nitrogens with zero attached hydrogens (tertiary/aromatic N) is 1. The van der Waals surface area contributed by atoms with Crippen molar-refractivity contribution in [3.8, 4) is 0 Å². The fraction of sp³-hybridized carbons (Fsp3) is 0.100. The zero-order chi connectivity index (χ0) is 12.1. The van der Waals surface area contributed by atoms with Crippen molar-refractivity contribution in [1.82, 2.24) is 0 Å². The van der Waals surface area contributed by atoms with Crippen molar-refractivity contribution in [3.05, 3.63) is 35.4 Å². The van der Waals surface area contributed by atoms with Gasteiger partial charge in [0.05, 0.1) is 5.71 Å². The Morgan fingerprint density at radius 2 is 1.88 bits per heavy atom. The maximum atomic E-state index is 11.0. The molecule has 16 heavy (non-hydrogen) atoms. The second-order valence-corrected chi connectivity index (χ2v) is 3.21. The van der Waals surface area contributed by atoms with Crippen molar-refractivity contribution in [2.45, 2.75) is 6.92 Å². The molecule has 0 spiro atoms. The molecular weight excluding hydrogens is 206 g/mol. The van der Waals surface area contributed by atoms with Crippen LogP contribution in [0.1, 0.15) is 22.8 Å². The number of benzene rings is 1. The zero-order valence-electron chi connectivity index (χ0n) is 8.90. The van der Waals surface area contributed by atoms with Crippen molar-refractivity contribution in [2.24, 2.45) is 22.3 Å². The first-order valence-corrected chi connectivity index (χ1v) is 4.59. The van der Waals surface area contributed by atoms with Crippen LogP contribution in [0.15, 0.2) is 29.4 Å². The van der Waals surface area contributed by atoms with Crippen molar-refractivity contribution >= 4 is 17.6 Å². The van der Waals surface area contributed by atoms with Crippen LogP contribution < -0.4 is 22.3 Å². The molecule has 1 aromatic rings. The SMILES string of the molecule is C/C(=N\[NH+]=C(N)N)c1cccc(C(N)=O)c1. The maximum Gasteiger partial charge on any atom is 0.362 e. The second-order valence-electron chi connectivity index (χ2n) is 3.21. The molecule has 6 heteroatoms. The van der Waals surface area contributed by atoms with E-state index in [1.54, 1.807) is 31.2 Å². The highest BCUT2D eigenvalue weighted by Gasteiger charge is 2.03. The van der Waals surface area contributed by atoms with E-state index in [9.17, 15) is 4.79 Å². The highest BCUT2D eigenvalue weighted by Crippen LogP contribution is 2.05.